The van der Waals surface area contributed by atoms with E-state index in [-0.39, 0.29) is 24.4 Å². The number of likely N-dealkylation sites (N-methyl/N-ethyl adjacent to an activating group) is 1. The number of alkyl halides is 3. The number of fused-ring (bicyclic) bond motifs is 1. The second kappa shape index (κ2) is 8.73. The van der Waals surface area contributed by atoms with Gasteiger partial charge in [0.1, 0.15) is 17.6 Å². The first-order chi connectivity index (χ1) is 15.9. The summed E-state index contributed by atoms with van der Waals surface area (Å²) >= 11 is 0. The molecule has 0 bridgehead atoms. The third kappa shape index (κ3) is 4.62. The summed E-state index contributed by atoms with van der Waals surface area (Å²) in [5.74, 6) is 1.41. The largest absolute Gasteiger partial charge is 0.435 e. The average molecular weight is 477 g/mol. The lowest BCUT2D eigenvalue weighted by atomic mass is 9.99. The Labute approximate surface area is 195 Å². The van der Waals surface area contributed by atoms with E-state index in [0.29, 0.717) is 41.6 Å². The first kappa shape index (κ1) is 23.7. The first-order valence-electron chi connectivity index (χ1n) is 11.0. The molecule has 0 spiro atoms. The monoisotopic (exact) mass is 476 g/mol. The molecule has 0 unspecified atom stereocenters. The number of rotatable bonds is 6. The zero-order valence-corrected chi connectivity index (χ0v) is 19.7. The molecule has 1 aliphatic heterocycles. The number of hydrogen-bond donors (Lipinski definition) is 1. The molecule has 3 aromatic rings. The second-order valence-electron chi connectivity index (χ2n) is 8.90. The van der Waals surface area contributed by atoms with Crippen LogP contribution in [0.25, 0.3) is 0 Å². The number of amides is 1. The minimum atomic E-state index is -4.48. The van der Waals surface area contributed by atoms with Crippen LogP contribution in [0.1, 0.15) is 42.3 Å². The van der Waals surface area contributed by atoms with E-state index in [1.165, 1.54) is 11.7 Å². The van der Waals surface area contributed by atoms with Crippen molar-refractivity contribution in [2.24, 2.45) is 13.0 Å². The van der Waals surface area contributed by atoms with Crippen molar-refractivity contribution in [1.29, 1.82) is 0 Å². The van der Waals surface area contributed by atoms with Crippen LogP contribution < -0.4 is 10.2 Å². The van der Waals surface area contributed by atoms with Gasteiger partial charge in [-0.2, -0.15) is 23.4 Å². The van der Waals surface area contributed by atoms with Gasteiger partial charge in [0.2, 0.25) is 5.91 Å². The van der Waals surface area contributed by atoms with Crippen LogP contribution in [0.5, 0.6) is 0 Å². The van der Waals surface area contributed by atoms with Crippen molar-refractivity contribution in [2.45, 2.75) is 52.4 Å². The summed E-state index contributed by atoms with van der Waals surface area (Å²) in [5.41, 5.74) is 1.74. The number of anilines is 2. The number of halogens is 3. The highest BCUT2D eigenvalue weighted by Gasteiger charge is 2.36. The van der Waals surface area contributed by atoms with Crippen LogP contribution >= 0.6 is 0 Å². The fourth-order valence-electron chi connectivity index (χ4n) is 4.22. The molecule has 0 aromatic carbocycles. The molecule has 34 heavy (non-hydrogen) atoms. The number of hydrogen-bond acceptors (Lipinski definition) is 6. The van der Waals surface area contributed by atoms with Crippen LogP contribution in [0.2, 0.25) is 0 Å². The summed E-state index contributed by atoms with van der Waals surface area (Å²) in [5, 5.41) is 10.7. The third-order valence-corrected chi connectivity index (χ3v) is 5.93. The van der Waals surface area contributed by atoms with Gasteiger partial charge in [-0.05, 0) is 30.9 Å². The molecule has 12 heteroatoms. The van der Waals surface area contributed by atoms with Crippen molar-refractivity contribution >= 4 is 17.4 Å². The van der Waals surface area contributed by atoms with Gasteiger partial charge >= 0.3 is 6.18 Å². The van der Waals surface area contributed by atoms with Gasteiger partial charge in [-0.1, -0.05) is 13.8 Å². The Hall–Kier alpha value is -3.44. The molecule has 1 amide bonds. The van der Waals surface area contributed by atoms with E-state index in [2.05, 4.69) is 20.5 Å². The summed E-state index contributed by atoms with van der Waals surface area (Å²) in [6.07, 6.45) is 0.170. The molecule has 4 rings (SSSR count). The zero-order chi connectivity index (χ0) is 24.8. The molecular formula is C22H27F3N8O. The molecule has 0 fully saturated rings. The van der Waals surface area contributed by atoms with Crippen LogP contribution in [0.15, 0.2) is 18.5 Å². The molecule has 0 radical (unpaired) electrons. The summed E-state index contributed by atoms with van der Waals surface area (Å²) < 4.78 is 41.5. The predicted octanol–water partition coefficient (Wildman–Crippen LogP) is 2.98. The standard InChI is InChI=1S/C22H27F3N8O/c1-12(2)19-21(34)29-18-13(3)27-17(28-20(18)31(19)4)7-6-14-9-26-33(10-14)11-15-8-16(22(23,24)25)30-32(15)5/h8-10,12,19H,6-7,11H2,1-5H3,(H,29,34)/t19-/m0/s1. The molecule has 1 N–H and O–H groups in total. The quantitative estimate of drug-likeness (QED) is 0.588. The number of nitrogens with one attached hydrogen (secondary N) is 1. The topological polar surface area (TPSA) is 93.8 Å². The Bertz CT molecular complexity index is 1210. The number of carbonyl (C=O) groups is 1. The van der Waals surface area contributed by atoms with Crippen LogP contribution in [0, 0.1) is 12.8 Å². The van der Waals surface area contributed by atoms with E-state index in [9.17, 15) is 18.0 Å². The number of aromatic nitrogens is 6. The molecule has 4 heterocycles. The van der Waals surface area contributed by atoms with Crippen LogP contribution in [-0.4, -0.2) is 48.5 Å². The van der Waals surface area contributed by atoms with Crippen molar-refractivity contribution in [3.8, 4) is 0 Å². The van der Waals surface area contributed by atoms with Gasteiger partial charge in [0.05, 0.1) is 24.1 Å². The lowest BCUT2D eigenvalue weighted by Gasteiger charge is -2.36. The molecule has 3 aromatic heterocycles. The van der Waals surface area contributed by atoms with E-state index >= 15 is 0 Å². The van der Waals surface area contributed by atoms with Gasteiger partial charge < -0.3 is 10.2 Å². The van der Waals surface area contributed by atoms with Gasteiger partial charge in [0.15, 0.2) is 11.5 Å². The maximum absolute atomic E-state index is 12.9. The molecule has 0 saturated heterocycles. The SMILES string of the molecule is Cc1nc(CCc2cnn(Cc3cc(C(F)(F)F)nn3C)c2)nc2c1NC(=O)[C@H](C(C)C)N2C. The summed E-state index contributed by atoms with van der Waals surface area (Å²) in [4.78, 5) is 23.6. The maximum Gasteiger partial charge on any atom is 0.435 e. The van der Waals surface area contributed by atoms with Crippen molar-refractivity contribution in [3.63, 3.8) is 0 Å². The summed E-state index contributed by atoms with van der Waals surface area (Å²) in [6.45, 7) is 6.01. The van der Waals surface area contributed by atoms with Gasteiger partial charge in [-0.25, -0.2) is 9.97 Å². The van der Waals surface area contributed by atoms with Gasteiger partial charge in [0, 0.05) is 26.7 Å². The van der Waals surface area contributed by atoms with Crippen molar-refractivity contribution < 1.29 is 18.0 Å². The predicted molar refractivity (Wildman–Crippen MR) is 119 cm³/mol. The smallest absolute Gasteiger partial charge is 0.346 e. The van der Waals surface area contributed by atoms with E-state index in [1.807, 2.05) is 32.7 Å². The van der Waals surface area contributed by atoms with Crippen molar-refractivity contribution in [1.82, 2.24) is 29.5 Å². The first-order valence-corrected chi connectivity index (χ1v) is 11.0. The molecule has 182 valence electrons. The Kier molecular flexibility index (Phi) is 6.09. The van der Waals surface area contributed by atoms with E-state index in [4.69, 9.17) is 4.98 Å². The lowest BCUT2D eigenvalue weighted by molar-refractivity contribution is -0.141. The lowest BCUT2D eigenvalue weighted by Crippen LogP contribution is -2.49. The minimum absolute atomic E-state index is 0.0624. The van der Waals surface area contributed by atoms with Gasteiger partial charge in [-0.15, -0.1) is 0 Å². The maximum atomic E-state index is 12.9. The average Bonchev–Trinajstić information content (AvgIpc) is 3.34. The Morgan fingerprint density at radius 2 is 1.91 bits per heavy atom. The fraction of sp³-hybridized carbons (Fsp3) is 0.500. The van der Waals surface area contributed by atoms with E-state index in [0.717, 1.165) is 11.6 Å². The Morgan fingerprint density at radius 3 is 2.56 bits per heavy atom. The minimum Gasteiger partial charge on any atom is -0.346 e. The summed E-state index contributed by atoms with van der Waals surface area (Å²) in [7, 11) is 3.35. The van der Waals surface area contributed by atoms with Gasteiger partial charge in [0.25, 0.3) is 0 Å². The highest BCUT2D eigenvalue weighted by molar-refractivity contribution is 6.03. The highest BCUT2D eigenvalue weighted by atomic mass is 19.4. The number of carbonyl (C=O) groups excluding carboxylic acids is 1. The molecular weight excluding hydrogens is 449 g/mol. The highest BCUT2D eigenvalue weighted by Crippen LogP contribution is 2.33. The Balaban J connectivity index is 1.46. The van der Waals surface area contributed by atoms with Gasteiger partial charge in [-0.3, -0.25) is 14.2 Å². The van der Waals surface area contributed by atoms with Crippen molar-refractivity contribution in [2.75, 3.05) is 17.3 Å². The second-order valence-corrected chi connectivity index (χ2v) is 8.90. The normalized spacial score (nSPS) is 16.2. The molecule has 1 atom stereocenters. The van der Waals surface area contributed by atoms with E-state index < -0.39 is 11.9 Å². The number of aryl methyl sites for hydroxylation is 4. The third-order valence-electron chi connectivity index (χ3n) is 5.93. The zero-order valence-electron chi connectivity index (χ0n) is 19.7. The molecule has 9 nitrogen and oxygen atoms in total. The molecule has 1 aliphatic rings. The number of nitrogens with zero attached hydrogens (tertiary/aromatic N) is 7. The summed E-state index contributed by atoms with van der Waals surface area (Å²) in [6, 6.07) is 0.725. The van der Waals surface area contributed by atoms with Crippen LogP contribution in [-0.2, 0) is 37.4 Å². The Morgan fingerprint density at radius 1 is 1.18 bits per heavy atom. The molecule has 0 saturated carbocycles. The van der Waals surface area contributed by atoms with E-state index in [1.54, 1.807) is 17.1 Å². The molecule has 0 aliphatic carbocycles. The van der Waals surface area contributed by atoms with Crippen molar-refractivity contribution in [3.05, 3.63) is 46.9 Å². The van der Waals surface area contributed by atoms with Crippen LogP contribution in [0.4, 0.5) is 24.7 Å². The van der Waals surface area contributed by atoms with Crippen LogP contribution in [0.3, 0.4) is 0 Å². The fourth-order valence-corrected chi connectivity index (χ4v) is 4.22.